The molecule has 0 aliphatic heterocycles. The highest BCUT2D eigenvalue weighted by Gasteiger charge is 2.42. The number of carbonyl (C=O) groups is 2. The number of aliphatic imine (C=N–C) groups is 1. The lowest BCUT2D eigenvalue weighted by Crippen LogP contribution is -2.46. The number of benzene rings is 2. The Bertz CT molecular complexity index is 1190. The van der Waals surface area contributed by atoms with Crippen LogP contribution in [0.25, 0.3) is 0 Å². The summed E-state index contributed by atoms with van der Waals surface area (Å²) in [6.07, 6.45) is 0.508. The van der Waals surface area contributed by atoms with Crippen LogP contribution in [0, 0.1) is 24.2 Å². The van der Waals surface area contributed by atoms with Crippen LogP contribution in [0.5, 0.6) is 0 Å². The van der Waals surface area contributed by atoms with Gasteiger partial charge in [-0.3, -0.25) is 14.6 Å². The van der Waals surface area contributed by atoms with Gasteiger partial charge in [-0.1, -0.05) is 17.7 Å². The number of nitriles is 1. The first-order valence-electron chi connectivity index (χ1n) is 12.5. The van der Waals surface area contributed by atoms with Crippen molar-refractivity contribution in [2.24, 2.45) is 10.9 Å². The fourth-order valence-electron chi connectivity index (χ4n) is 4.32. The number of hydrogen-bond donors (Lipinski definition) is 2. The number of nitrogen functional groups attached to an aromatic ring is 1. The lowest BCUT2D eigenvalue weighted by Gasteiger charge is -2.28. The first-order chi connectivity index (χ1) is 17.8. The van der Waals surface area contributed by atoms with E-state index in [1.165, 1.54) is 0 Å². The number of nitrogens with zero attached hydrogens (tertiary/aromatic N) is 2. The summed E-state index contributed by atoms with van der Waals surface area (Å²) in [5, 5.41) is 13.0. The Balaban J connectivity index is 1.91. The summed E-state index contributed by atoms with van der Waals surface area (Å²) in [7, 11) is -2.87. The van der Waals surface area contributed by atoms with E-state index in [1.807, 2.05) is 58.0 Å². The third-order valence-electron chi connectivity index (χ3n) is 5.95. The number of hydrogen-bond acceptors (Lipinski definition) is 9. The highest BCUT2D eigenvalue weighted by Crippen LogP contribution is 2.35. The quantitative estimate of drug-likeness (QED) is 0.232. The predicted octanol–water partition coefficient (Wildman–Crippen LogP) is 4.72. The van der Waals surface area contributed by atoms with Crippen molar-refractivity contribution in [3.8, 4) is 6.07 Å². The van der Waals surface area contributed by atoms with Crippen molar-refractivity contribution in [1.29, 1.82) is 5.26 Å². The van der Waals surface area contributed by atoms with Crippen LogP contribution < -0.4 is 11.1 Å². The van der Waals surface area contributed by atoms with E-state index >= 15 is 0 Å². The van der Waals surface area contributed by atoms with Gasteiger partial charge in [-0.25, -0.2) is 0 Å². The molecule has 0 heterocycles. The number of carbonyl (C=O) groups excluding carboxylic acids is 2. The van der Waals surface area contributed by atoms with E-state index < -0.39 is 26.3 Å². The summed E-state index contributed by atoms with van der Waals surface area (Å²) in [6.45, 7) is 9.22. The van der Waals surface area contributed by atoms with E-state index in [2.05, 4.69) is 10.3 Å². The van der Waals surface area contributed by atoms with Gasteiger partial charge in [-0.05, 0) is 58.4 Å². The molecule has 196 valence electrons. The molecule has 1 unspecified atom stereocenters. The van der Waals surface area contributed by atoms with Crippen LogP contribution in [0.4, 0.5) is 17.1 Å². The molecular weight excluding hydrogens is 488 g/mol. The first-order valence-corrected chi connectivity index (χ1v) is 14.4. The molecule has 1 atom stereocenters. The number of nitrogens with two attached hydrogens (primary N) is 1. The first kappa shape index (κ1) is 28.2. The molecule has 0 spiro atoms. The predicted molar refractivity (Wildman–Crippen MR) is 145 cm³/mol. The van der Waals surface area contributed by atoms with E-state index in [1.54, 1.807) is 12.1 Å². The average molecular weight is 523 g/mol. The highest BCUT2D eigenvalue weighted by atomic mass is 28.4. The fourth-order valence-corrected chi connectivity index (χ4v) is 6.92. The second-order valence-corrected chi connectivity index (χ2v) is 11.3. The van der Waals surface area contributed by atoms with Gasteiger partial charge in [0.05, 0.1) is 22.9 Å². The molecule has 0 fully saturated rings. The zero-order valence-electron chi connectivity index (χ0n) is 21.8. The maximum absolute atomic E-state index is 13.7. The smallest absolute Gasteiger partial charge is 0.398 e. The number of aryl methyl sites for hydroxylation is 1. The molecule has 3 rings (SSSR count). The maximum atomic E-state index is 13.7. The van der Waals surface area contributed by atoms with Crippen LogP contribution in [0.3, 0.4) is 0 Å². The van der Waals surface area contributed by atoms with Crippen molar-refractivity contribution >= 4 is 43.1 Å². The summed E-state index contributed by atoms with van der Waals surface area (Å²) < 4.78 is 17.6. The molecule has 2 aromatic carbocycles. The van der Waals surface area contributed by atoms with Crippen molar-refractivity contribution in [1.82, 2.24) is 0 Å². The Morgan fingerprint density at radius 3 is 2.19 bits per heavy atom. The monoisotopic (exact) mass is 522 g/mol. The van der Waals surface area contributed by atoms with Gasteiger partial charge in [0.2, 0.25) is 5.78 Å². The van der Waals surface area contributed by atoms with Crippen LogP contribution in [0.1, 0.15) is 53.5 Å². The summed E-state index contributed by atoms with van der Waals surface area (Å²) in [5.41, 5.74) is 8.66. The summed E-state index contributed by atoms with van der Waals surface area (Å²) >= 11 is 0. The molecule has 3 N–H and O–H groups in total. The number of ketones is 2. The van der Waals surface area contributed by atoms with Crippen LogP contribution in [0.15, 0.2) is 41.4 Å². The minimum atomic E-state index is -2.87. The zero-order valence-corrected chi connectivity index (χ0v) is 22.8. The normalized spacial score (nSPS) is 16.5. The van der Waals surface area contributed by atoms with Gasteiger partial charge in [0.1, 0.15) is 5.71 Å². The summed E-state index contributed by atoms with van der Waals surface area (Å²) in [6, 6.07) is 13.3. The number of rotatable bonds is 12. The molecule has 0 aromatic heterocycles. The number of nitrogens with one attached hydrogen (secondary N) is 1. The minimum absolute atomic E-state index is 0.0584. The van der Waals surface area contributed by atoms with Gasteiger partial charge in [-0.15, -0.1) is 0 Å². The number of Topliss-reactive ketones (excluding diaryl/α,β-unsaturated/α-hetero) is 2. The van der Waals surface area contributed by atoms with E-state index in [-0.39, 0.29) is 29.1 Å². The second-order valence-electron chi connectivity index (χ2n) is 8.55. The zero-order chi connectivity index (χ0) is 27.0. The third-order valence-corrected chi connectivity index (χ3v) is 9.11. The standard InChI is InChI=1S/C27H34N4O5Si/c1-5-34-37(35-6-2,36-7-3)16-8-15-30-25-20(17-28)26(32)23-21(29)13-14-22(24(23)27(25)33)31-19-11-9-18(4)10-12-19/h9-14,20,31H,5-8,15-16,29H2,1-4H3. The average Bonchev–Trinajstić information content (AvgIpc) is 2.87. The lowest BCUT2D eigenvalue weighted by atomic mass is 9.79. The van der Waals surface area contributed by atoms with Gasteiger partial charge in [-0.2, -0.15) is 5.26 Å². The Hall–Kier alpha value is -3.36. The van der Waals surface area contributed by atoms with Gasteiger partial charge in [0.25, 0.3) is 0 Å². The summed E-state index contributed by atoms with van der Waals surface area (Å²) in [4.78, 5) is 31.4. The van der Waals surface area contributed by atoms with E-state index in [0.29, 0.717) is 38.0 Å². The molecular formula is C27H34N4O5Si. The molecule has 0 saturated carbocycles. The van der Waals surface area contributed by atoms with Gasteiger partial charge >= 0.3 is 8.80 Å². The molecule has 1 aliphatic rings. The van der Waals surface area contributed by atoms with Crippen molar-refractivity contribution < 1.29 is 22.9 Å². The van der Waals surface area contributed by atoms with E-state index in [9.17, 15) is 14.9 Å². The Morgan fingerprint density at radius 1 is 1.00 bits per heavy atom. The topological polar surface area (TPSA) is 136 Å². The lowest BCUT2D eigenvalue weighted by molar-refractivity contribution is 0.0709. The van der Waals surface area contributed by atoms with Crippen LogP contribution in [-0.4, -0.2) is 52.4 Å². The Labute approximate surface area is 219 Å². The van der Waals surface area contributed by atoms with Crippen LogP contribution in [0.2, 0.25) is 6.04 Å². The number of fused-ring (bicyclic) bond motifs is 1. The van der Waals surface area contributed by atoms with Crippen molar-refractivity contribution in [3.05, 3.63) is 53.1 Å². The molecule has 0 bridgehead atoms. The highest BCUT2D eigenvalue weighted by molar-refractivity contribution is 6.60. The van der Waals surface area contributed by atoms with Crippen molar-refractivity contribution in [2.75, 3.05) is 37.4 Å². The largest absolute Gasteiger partial charge is 0.500 e. The van der Waals surface area contributed by atoms with Crippen molar-refractivity contribution in [3.63, 3.8) is 0 Å². The van der Waals surface area contributed by atoms with Gasteiger partial charge in [0, 0.05) is 43.8 Å². The molecule has 9 nitrogen and oxygen atoms in total. The second kappa shape index (κ2) is 12.7. The molecule has 0 saturated heterocycles. The molecule has 2 aromatic rings. The Morgan fingerprint density at radius 2 is 1.62 bits per heavy atom. The maximum Gasteiger partial charge on any atom is 0.500 e. The van der Waals surface area contributed by atoms with Crippen molar-refractivity contribution in [2.45, 2.75) is 40.2 Å². The van der Waals surface area contributed by atoms with Crippen LogP contribution >= 0.6 is 0 Å². The van der Waals surface area contributed by atoms with Gasteiger partial charge in [0.15, 0.2) is 11.7 Å². The summed E-state index contributed by atoms with van der Waals surface area (Å²) in [5.74, 6) is -2.32. The van der Waals surface area contributed by atoms with E-state index in [4.69, 9.17) is 19.0 Å². The molecule has 10 heteroatoms. The molecule has 0 amide bonds. The van der Waals surface area contributed by atoms with E-state index in [0.717, 1.165) is 11.3 Å². The molecule has 37 heavy (non-hydrogen) atoms. The van der Waals surface area contributed by atoms with Crippen LogP contribution in [-0.2, 0) is 13.3 Å². The molecule has 0 radical (unpaired) electrons. The fraction of sp³-hybridized carbons (Fsp3) is 0.407. The molecule has 1 aliphatic carbocycles. The minimum Gasteiger partial charge on any atom is -0.398 e. The third kappa shape index (κ3) is 6.32. The van der Waals surface area contributed by atoms with Gasteiger partial charge < -0.3 is 24.3 Å². The Kier molecular flexibility index (Phi) is 9.71. The SMILES string of the molecule is CCO[Si](CCCN=C1C(=O)c2c(Nc3ccc(C)cc3)ccc(N)c2C(=O)C1C#N)(OCC)OCC. The number of anilines is 3.